The lowest BCUT2D eigenvalue weighted by Gasteiger charge is -2.32. The zero-order valence-corrected chi connectivity index (χ0v) is 14.2. The van der Waals surface area contributed by atoms with E-state index in [9.17, 15) is 8.42 Å². The average molecular weight is 341 g/mol. The van der Waals surface area contributed by atoms with Crippen molar-refractivity contribution in [3.63, 3.8) is 0 Å². The van der Waals surface area contributed by atoms with E-state index in [-0.39, 0.29) is 6.61 Å². The molecule has 1 N–H and O–H groups in total. The molecule has 0 unspecified atom stereocenters. The third kappa shape index (κ3) is 6.40. The Balaban J connectivity index is 1.94. The Labute approximate surface area is 137 Å². The summed E-state index contributed by atoms with van der Waals surface area (Å²) in [5.74, 6) is 0. The first kappa shape index (κ1) is 18.1. The van der Waals surface area contributed by atoms with E-state index in [0.717, 1.165) is 11.8 Å². The van der Waals surface area contributed by atoms with Gasteiger partial charge in [-0.15, -0.1) is 0 Å². The van der Waals surface area contributed by atoms with Gasteiger partial charge in [-0.25, -0.2) is 13.1 Å². The predicted octanol–water partition coefficient (Wildman–Crippen LogP) is 1.44. The molecule has 0 radical (unpaired) electrons. The van der Waals surface area contributed by atoms with Crippen molar-refractivity contribution < 1.29 is 22.6 Å². The van der Waals surface area contributed by atoms with Crippen molar-refractivity contribution in [2.75, 3.05) is 19.5 Å². The van der Waals surface area contributed by atoms with Crippen LogP contribution in [0.15, 0.2) is 42.5 Å². The Morgan fingerprint density at radius 1 is 1.22 bits per heavy atom. The zero-order chi connectivity index (χ0) is 16.7. The molecule has 1 aromatic rings. The number of benzene rings is 1. The summed E-state index contributed by atoms with van der Waals surface area (Å²) in [7, 11) is -3.34. The molecule has 2 rings (SSSR count). The molecule has 23 heavy (non-hydrogen) atoms. The highest BCUT2D eigenvalue weighted by Gasteiger charge is 2.29. The second kappa shape index (κ2) is 8.56. The molecular formula is C16H23NO5S. The standard InChI is InChI=1S/C16H23NO5S/c1-3-21-16-10-9-14(17-23(2,18)19)15(22-16)12-20-11-13-7-5-4-6-8-13/h4-10,14-17H,3,11-12H2,1-2H3/t14-,15-,16-/m1/s1. The van der Waals surface area contributed by atoms with E-state index in [4.69, 9.17) is 14.2 Å². The van der Waals surface area contributed by atoms with Crippen LogP contribution in [0.2, 0.25) is 0 Å². The van der Waals surface area contributed by atoms with Crippen LogP contribution in [0.25, 0.3) is 0 Å². The van der Waals surface area contributed by atoms with Gasteiger partial charge in [0.05, 0.1) is 25.5 Å². The van der Waals surface area contributed by atoms with Gasteiger partial charge in [-0.2, -0.15) is 0 Å². The van der Waals surface area contributed by atoms with Crippen LogP contribution in [-0.2, 0) is 30.8 Å². The molecule has 1 aliphatic rings. The second-order valence-corrected chi connectivity index (χ2v) is 7.08. The Morgan fingerprint density at radius 2 is 1.96 bits per heavy atom. The van der Waals surface area contributed by atoms with Gasteiger partial charge >= 0.3 is 0 Å². The quantitative estimate of drug-likeness (QED) is 0.724. The number of hydrogen-bond donors (Lipinski definition) is 1. The molecule has 1 aromatic carbocycles. The smallest absolute Gasteiger partial charge is 0.209 e. The SMILES string of the molecule is CCO[C@H]1C=C[C@@H](NS(C)(=O)=O)[C@@H](COCc2ccccc2)O1. The molecule has 0 saturated heterocycles. The summed E-state index contributed by atoms with van der Waals surface area (Å²) in [6, 6.07) is 9.29. The summed E-state index contributed by atoms with van der Waals surface area (Å²) in [5.41, 5.74) is 1.05. The van der Waals surface area contributed by atoms with Gasteiger partial charge in [-0.1, -0.05) is 36.4 Å². The van der Waals surface area contributed by atoms with Gasteiger partial charge in [-0.05, 0) is 18.6 Å². The van der Waals surface area contributed by atoms with E-state index in [1.807, 2.05) is 37.3 Å². The molecule has 0 fully saturated rings. The fraction of sp³-hybridized carbons (Fsp3) is 0.500. The van der Waals surface area contributed by atoms with Gasteiger partial charge in [0.25, 0.3) is 0 Å². The van der Waals surface area contributed by atoms with Crippen LogP contribution < -0.4 is 4.72 Å². The molecule has 0 aliphatic carbocycles. The normalized spacial score (nSPS) is 24.7. The van der Waals surface area contributed by atoms with Crippen molar-refractivity contribution in [2.24, 2.45) is 0 Å². The number of ether oxygens (including phenoxy) is 3. The highest BCUT2D eigenvalue weighted by molar-refractivity contribution is 7.88. The molecule has 0 amide bonds. The van der Waals surface area contributed by atoms with Crippen molar-refractivity contribution in [3.05, 3.63) is 48.0 Å². The van der Waals surface area contributed by atoms with Crippen LogP contribution in [0.4, 0.5) is 0 Å². The first-order valence-corrected chi connectivity index (χ1v) is 9.41. The number of rotatable bonds is 8. The summed E-state index contributed by atoms with van der Waals surface area (Å²) < 4.78 is 42.4. The molecule has 1 heterocycles. The number of sulfonamides is 1. The molecule has 0 bridgehead atoms. The van der Waals surface area contributed by atoms with Gasteiger partial charge in [0, 0.05) is 6.61 Å². The topological polar surface area (TPSA) is 73.9 Å². The fourth-order valence-corrected chi connectivity index (χ4v) is 2.99. The van der Waals surface area contributed by atoms with Crippen LogP contribution in [0, 0.1) is 0 Å². The highest BCUT2D eigenvalue weighted by Crippen LogP contribution is 2.16. The van der Waals surface area contributed by atoms with Crippen molar-refractivity contribution in [1.29, 1.82) is 0 Å². The highest BCUT2D eigenvalue weighted by atomic mass is 32.2. The lowest BCUT2D eigenvalue weighted by Crippen LogP contribution is -2.48. The van der Waals surface area contributed by atoms with E-state index in [0.29, 0.717) is 13.2 Å². The minimum atomic E-state index is -3.34. The predicted molar refractivity (Wildman–Crippen MR) is 87.3 cm³/mol. The van der Waals surface area contributed by atoms with E-state index < -0.39 is 28.5 Å². The van der Waals surface area contributed by atoms with Gasteiger partial charge in [0.2, 0.25) is 10.0 Å². The molecule has 0 spiro atoms. The maximum Gasteiger partial charge on any atom is 0.209 e. The van der Waals surface area contributed by atoms with Crippen molar-refractivity contribution in [3.8, 4) is 0 Å². The summed E-state index contributed by atoms with van der Waals surface area (Å²) in [6.07, 6.45) is 3.65. The van der Waals surface area contributed by atoms with Gasteiger partial charge in [-0.3, -0.25) is 0 Å². The summed E-state index contributed by atoms with van der Waals surface area (Å²) >= 11 is 0. The van der Waals surface area contributed by atoms with E-state index in [1.54, 1.807) is 12.2 Å². The van der Waals surface area contributed by atoms with Crippen LogP contribution >= 0.6 is 0 Å². The van der Waals surface area contributed by atoms with Crippen molar-refractivity contribution in [1.82, 2.24) is 4.72 Å². The molecule has 0 saturated carbocycles. The maximum absolute atomic E-state index is 11.5. The molecule has 1 aliphatic heterocycles. The van der Waals surface area contributed by atoms with Gasteiger partial charge < -0.3 is 14.2 Å². The number of hydrogen-bond acceptors (Lipinski definition) is 5. The van der Waals surface area contributed by atoms with Gasteiger partial charge in [0.1, 0.15) is 6.10 Å². The summed E-state index contributed by atoms with van der Waals surface area (Å²) in [6.45, 7) is 3.08. The Bertz CT molecular complexity index is 602. The maximum atomic E-state index is 11.5. The molecule has 3 atom stereocenters. The first-order chi connectivity index (χ1) is 11.0. The van der Waals surface area contributed by atoms with Gasteiger partial charge in [0.15, 0.2) is 6.29 Å². The third-order valence-corrected chi connectivity index (χ3v) is 3.96. The minimum absolute atomic E-state index is 0.260. The van der Waals surface area contributed by atoms with Crippen LogP contribution in [0.3, 0.4) is 0 Å². The lowest BCUT2D eigenvalue weighted by molar-refractivity contribution is -0.165. The minimum Gasteiger partial charge on any atom is -0.374 e. The summed E-state index contributed by atoms with van der Waals surface area (Å²) in [4.78, 5) is 0. The molecule has 7 heteroatoms. The van der Waals surface area contributed by atoms with E-state index in [2.05, 4.69) is 4.72 Å². The third-order valence-electron chi connectivity index (χ3n) is 3.26. The molecule has 128 valence electrons. The van der Waals surface area contributed by atoms with Crippen molar-refractivity contribution >= 4 is 10.0 Å². The Hall–Kier alpha value is -1.25. The monoisotopic (exact) mass is 341 g/mol. The Morgan fingerprint density at radius 3 is 2.61 bits per heavy atom. The average Bonchev–Trinajstić information content (AvgIpc) is 2.50. The number of nitrogens with one attached hydrogen (secondary N) is 1. The second-order valence-electron chi connectivity index (χ2n) is 5.30. The Kier molecular flexibility index (Phi) is 6.73. The van der Waals surface area contributed by atoms with E-state index >= 15 is 0 Å². The van der Waals surface area contributed by atoms with Crippen LogP contribution in [-0.4, -0.2) is 46.3 Å². The fourth-order valence-electron chi connectivity index (χ4n) is 2.27. The van der Waals surface area contributed by atoms with E-state index in [1.165, 1.54) is 0 Å². The van der Waals surface area contributed by atoms with Crippen molar-refractivity contribution in [2.45, 2.75) is 32.0 Å². The zero-order valence-electron chi connectivity index (χ0n) is 13.3. The molecule has 0 aromatic heterocycles. The molecule has 6 nitrogen and oxygen atoms in total. The van der Waals surface area contributed by atoms with Crippen LogP contribution in [0.1, 0.15) is 12.5 Å². The van der Waals surface area contributed by atoms with Crippen LogP contribution in [0.5, 0.6) is 0 Å². The largest absolute Gasteiger partial charge is 0.374 e. The summed E-state index contributed by atoms with van der Waals surface area (Å²) in [5, 5.41) is 0. The first-order valence-electron chi connectivity index (χ1n) is 7.52. The molecular weight excluding hydrogens is 318 g/mol. The lowest BCUT2D eigenvalue weighted by atomic mass is 10.1.